The van der Waals surface area contributed by atoms with Crippen LogP contribution in [0.3, 0.4) is 0 Å². The van der Waals surface area contributed by atoms with E-state index < -0.39 is 0 Å². The van der Waals surface area contributed by atoms with Crippen LogP contribution in [0.5, 0.6) is 0 Å². The maximum absolute atomic E-state index is 5.53. The molecule has 2 atom stereocenters. The molecule has 5 nitrogen and oxygen atoms in total. The number of benzene rings is 1. The Morgan fingerprint density at radius 2 is 2.14 bits per heavy atom. The molecule has 0 aliphatic carbocycles. The monoisotopic (exact) mass is 294 g/mol. The van der Waals surface area contributed by atoms with Gasteiger partial charge in [0.2, 0.25) is 11.7 Å². The van der Waals surface area contributed by atoms with Crippen molar-refractivity contribution in [3.05, 3.63) is 42.4 Å². The Morgan fingerprint density at radius 1 is 1.23 bits per heavy atom. The van der Waals surface area contributed by atoms with Crippen LogP contribution in [0.2, 0.25) is 0 Å². The van der Waals surface area contributed by atoms with E-state index in [1.807, 2.05) is 24.3 Å². The van der Waals surface area contributed by atoms with Crippen molar-refractivity contribution in [1.82, 2.24) is 20.4 Å². The molecule has 3 aromatic rings. The van der Waals surface area contributed by atoms with Crippen LogP contribution in [-0.4, -0.2) is 27.7 Å². The Balaban J connectivity index is 1.71. The SMILES string of the molecule is C[C@H]1C[C@@H](c2nc(-c3nccc4ccccc34)no2)CCN1. The summed E-state index contributed by atoms with van der Waals surface area (Å²) < 4.78 is 5.53. The fraction of sp³-hybridized carbons (Fsp3) is 0.353. The average Bonchev–Trinajstić information content (AvgIpc) is 3.04. The summed E-state index contributed by atoms with van der Waals surface area (Å²) in [5, 5.41) is 9.80. The molecule has 2 aromatic heterocycles. The lowest BCUT2D eigenvalue weighted by molar-refractivity contribution is 0.295. The number of hydrogen-bond acceptors (Lipinski definition) is 5. The highest BCUT2D eigenvalue weighted by molar-refractivity contribution is 5.92. The fourth-order valence-electron chi connectivity index (χ4n) is 3.15. The smallest absolute Gasteiger partial charge is 0.230 e. The Hall–Kier alpha value is -2.27. The predicted molar refractivity (Wildman–Crippen MR) is 84.5 cm³/mol. The summed E-state index contributed by atoms with van der Waals surface area (Å²) >= 11 is 0. The van der Waals surface area contributed by atoms with Crippen molar-refractivity contribution < 1.29 is 4.52 Å². The van der Waals surface area contributed by atoms with Gasteiger partial charge in [-0.2, -0.15) is 4.98 Å². The maximum atomic E-state index is 5.53. The third-order valence-electron chi connectivity index (χ3n) is 4.30. The molecular weight excluding hydrogens is 276 g/mol. The van der Waals surface area contributed by atoms with Gasteiger partial charge in [0.05, 0.1) is 0 Å². The Bertz CT molecular complexity index is 793. The molecule has 0 bridgehead atoms. The van der Waals surface area contributed by atoms with E-state index in [0.29, 0.717) is 17.8 Å². The zero-order valence-electron chi connectivity index (χ0n) is 12.5. The van der Waals surface area contributed by atoms with E-state index in [-0.39, 0.29) is 0 Å². The molecular formula is C17H18N4O. The molecule has 0 amide bonds. The quantitative estimate of drug-likeness (QED) is 0.786. The van der Waals surface area contributed by atoms with Gasteiger partial charge in [-0.3, -0.25) is 4.98 Å². The van der Waals surface area contributed by atoms with Crippen molar-refractivity contribution in [2.45, 2.75) is 31.7 Å². The van der Waals surface area contributed by atoms with Gasteiger partial charge >= 0.3 is 0 Å². The minimum absolute atomic E-state index is 0.340. The van der Waals surface area contributed by atoms with Crippen LogP contribution in [0.4, 0.5) is 0 Å². The topological polar surface area (TPSA) is 63.8 Å². The lowest BCUT2D eigenvalue weighted by Crippen LogP contribution is -2.34. The van der Waals surface area contributed by atoms with Crippen LogP contribution < -0.4 is 5.32 Å². The standard InChI is InChI=1S/C17H18N4O/c1-11-10-13(7-8-18-11)17-20-16(21-22-17)15-14-5-3-2-4-12(14)6-9-19-15/h2-6,9,11,13,18H,7-8,10H2,1H3/t11-,13-/m0/s1. The highest BCUT2D eigenvalue weighted by Crippen LogP contribution is 2.29. The molecule has 1 aliphatic heterocycles. The lowest BCUT2D eigenvalue weighted by Gasteiger charge is -2.25. The van der Waals surface area contributed by atoms with E-state index in [4.69, 9.17) is 4.52 Å². The van der Waals surface area contributed by atoms with Gasteiger partial charge in [0.1, 0.15) is 5.69 Å². The number of nitrogens with zero attached hydrogens (tertiary/aromatic N) is 3. The Morgan fingerprint density at radius 3 is 3.05 bits per heavy atom. The van der Waals surface area contributed by atoms with E-state index in [1.54, 1.807) is 6.20 Å². The summed E-state index contributed by atoms with van der Waals surface area (Å²) in [5.41, 5.74) is 0.787. The van der Waals surface area contributed by atoms with Gasteiger partial charge in [0.25, 0.3) is 0 Å². The molecule has 0 unspecified atom stereocenters. The second-order valence-electron chi connectivity index (χ2n) is 5.91. The first-order chi connectivity index (χ1) is 10.8. The minimum Gasteiger partial charge on any atom is -0.339 e. The largest absolute Gasteiger partial charge is 0.339 e. The second kappa shape index (κ2) is 5.50. The molecule has 4 rings (SSSR count). The zero-order chi connectivity index (χ0) is 14.9. The third kappa shape index (κ3) is 2.37. The molecule has 1 saturated heterocycles. The maximum Gasteiger partial charge on any atom is 0.230 e. The Labute approximate surface area is 128 Å². The lowest BCUT2D eigenvalue weighted by atomic mass is 9.93. The highest BCUT2D eigenvalue weighted by atomic mass is 16.5. The summed E-state index contributed by atoms with van der Waals surface area (Å²) in [7, 11) is 0. The van der Waals surface area contributed by atoms with Crippen LogP contribution in [0.25, 0.3) is 22.3 Å². The number of pyridine rings is 1. The zero-order valence-corrected chi connectivity index (χ0v) is 12.5. The molecule has 5 heteroatoms. The van der Waals surface area contributed by atoms with Crippen molar-refractivity contribution in [1.29, 1.82) is 0 Å². The number of rotatable bonds is 2. The van der Waals surface area contributed by atoms with Crippen molar-refractivity contribution in [2.75, 3.05) is 6.54 Å². The van der Waals surface area contributed by atoms with Gasteiger partial charge in [-0.1, -0.05) is 29.4 Å². The summed E-state index contributed by atoms with van der Waals surface area (Å²) in [5.74, 6) is 1.66. The second-order valence-corrected chi connectivity index (χ2v) is 5.91. The number of aromatic nitrogens is 3. The molecule has 0 saturated carbocycles. The molecule has 22 heavy (non-hydrogen) atoms. The number of piperidine rings is 1. The first kappa shape index (κ1) is 13.4. The van der Waals surface area contributed by atoms with Gasteiger partial charge < -0.3 is 9.84 Å². The third-order valence-corrected chi connectivity index (χ3v) is 4.30. The molecule has 1 aliphatic rings. The van der Waals surface area contributed by atoms with Crippen LogP contribution in [0, 0.1) is 0 Å². The van der Waals surface area contributed by atoms with E-state index in [2.05, 4.69) is 33.4 Å². The summed E-state index contributed by atoms with van der Waals surface area (Å²) in [6.45, 7) is 3.19. The van der Waals surface area contributed by atoms with Crippen molar-refractivity contribution in [3.63, 3.8) is 0 Å². The number of hydrogen-bond donors (Lipinski definition) is 1. The van der Waals surface area contributed by atoms with Crippen LogP contribution in [-0.2, 0) is 0 Å². The van der Waals surface area contributed by atoms with Crippen molar-refractivity contribution in [3.8, 4) is 11.5 Å². The first-order valence-corrected chi connectivity index (χ1v) is 7.72. The van der Waals surface area contributed by atoms with Crippen molar-refractivity contribution in [2.24, 2.45) is 0 Å². The predicted octanol–water partition coefficient (Wildman–Crippen LogP) is 3.14. The van der Waals surface area contributed by atoms with Gasteiger partial charge in [-0.25, -0.2) is 0 Å². The van der Waals surface area contributed by atoms with Gasteiger partial charge in [0.15, 0.2) is 0 Å². The van der Waals surface area contributed by atoms with Crippen LogP contribution >= 0.6 is 0 Å². The first-order valence-electron chi connectivity index (χ1n) is 7.72. The van der Waals surface area contributed by atoms with Gasteiger partial charge in [-0.15, -0.1) is 0 Å². The van der Waals surface area contributed by atoms with Gasteiger partial charge in [0, 0.05) is 23.5 Å². The van der Waals surface area contributed by atoms with Crippen molar-refractivity contribution >= 4 is 10.8 Å². The van der Waals surface area contributed by atoms with Gasteiger partial charge in [-0.05, 0) is 37.8 Å². The molecule has 1 N–H and O–H groups in total. The normalized spacial score (nSPS) is 22.0. The van der Waals surface area contributed by atoms with E-state index in [1.165, 1.54) is 0 Å². The summed E-state index contributed by atoms with van der Waals surface area (Å²) in [6, 6.07) is 10.6. The average molecular weight is 294 g/mol. The minimum atomic E-state index is 0.340. The molecule has 0 radical (unpaired) electrons. The molecule has 1 fully saturated rings. The molecule has 0 spiro atoms. The number of fused-ring (bicyclic) bond motifs is 1. The molecule has 1 aromatic carbocycles. The van der Waals surface area contributed by atoms with E-state index >= 15 is 0 Å². The molecule has 112 valence electrons. The fourth-order valence-corrected chi connectivity index (χ4v) is 3.15. The summed E-state index contributed by atoms with van der Waals surface area (Å²) in [4.78, 5) is 9.07. The van der Waals surface area contributed by atoms with Crippen LogP contribution in [0.15, 0.2) is 41.1 Å². The number of nitrogens with one attached hydrogen (secondary N) is 1. The van der Waals surface area contributed by atoms with E-state index in [0.717, 1.165) is 41.7 Å². The van der Waals surface area contributed by atoms with Crippen LogP contribution in [0.1, 0.15) is 31.6 Å². The molecule has 3 heterocycles. The summed E-state index contributed by atoms with van der Waals surface area (Å²) in [6.07, 6.45) is 3.86. The Kier molecular flexibility index (Phi) is 3.35. The van der Waals surface area contributed by atoms with E-state index in [9.17, 15) is 0 Å². The highest BCUT2D eigenvalue weighted by Gasteiger charge is 2.25.